The third-order valence-corrected chi connectivity index (χ3v) is 3.30. The number of aryl methyl sites for hydroxylation is 2. The highest BCUT2D eigenvalue weighted by atomic mass is 16.3. The van der Waals surface area contributed by atoms with Gasteiger partial charge in [0.2, 0.25) is 0 Å². The van der Waals surface area contributed by atoms with Crippen LogP contribution in [0.4, 0.5) is 5.82 Å². The van der Waals surface area contributed by atoms with E-state index in [9.17, 15) is 5.11 Å². The molecular weight excluding hydrogens is 202 g/mol. The van der Waals surface area contributed by atoms with E-state index in [0.717, 1.165) is 42.2 Å². The summed E-state index contributed by atoms with van der Waals surface area (Å²) in [5, 5.41) is 13.1. The van der Waals surface area contributed by atoms with Crippen molar-refractivity contribution >= 4 is 5.82 Å². The van der Waals surface area contributed by atoms with Crippen LogP contribution in [0.5, 0.6) is 0 Å². The fraction of sp³-hybridized carbons (Fsp3) is 0.667. The van der Waals surface area contributed by atoms with Gasteiger partial charge in [-0.15, -0.1) is 0 Å². The Bertz CT molecular complexity index is 392. The summed E-state index contributed by atoms with van der Waals surface area (Å²) in [5.41, 5.74) is 2.08. The second-order valence-corrected chi connectivity index (χ2v) is 4.58. The minimum atomic E-state index is -0.241. The fourth-order valence-corrected chi connectivity index (χ4v) is 2.19. The van der Waals surface area contributed by atoms with Crippen LogP contribution in [0.2, 0.25) is 0 Å². The van der Waals surface area contributed by atoms with Gasteiger partial charge in [0, 0.05) is 11.3 Å². The summed E-state index contributed by atoms with van der Waals surface area (Å²) in [6, 6.07) is 0.146. The molecule has 0 radical (unpaired) electrons. The molecule has 0 aliphatic heterocycles. The van der Waals surface area contributed by atoms with E-state index < -0.39 is 0 Å². The van der Waals surface area contributed by atoms with E-state index in [1.165, 1.54) is 0 Å². The van der Waals surface area contributed by atoms with Crippen molar-refractivity contribution in [1.82, 2.24) is 9.97 Å². The van der Waals surface area contributed by atoms with Gasteiger partial charge < -0.3 is 10.4 Å². The number of hydrogen-bond acceptors (Lipinski definition) is 4. The van der Waals surface area contributed by atoms with Crippen LogP contribution in [0.1, 0.15) is 36.3 Å². The Morgan fingerprint density at radius 3 is 2.56 bits per heavy atom. The molecule has 0 bridgehead atoms. The van der Waals surface area contributed by atoms with E-state index in [0.29, 0.717) is 0 Å². The molecule has 1 aromatic rings. The van der Waals surface area contributed by atoms with E-state index in [2.05, 4.69) is 15.3 Å². The number of aromatic nitrogens is 2. The highest BCUT2D eigenvalue weighted by Crippen LogP contribution is 2.24. The summed E-state index contributed by atoms with van der Waals surface area (Å²) in [7, 11) is 0. The molecule has 0 saturated heterocycles. The Labute approximate surface area is 96.1 Å². The lowest BCUT2D eigenvalue weighted by atomic mass is 10.2. The van der Waals surface area contributed by atoms with Crippen LogP contribution in [-0.2, 0) is 0 Å². The predicted molar refractivity (Wildman–Crippen MR) is 63.5 cm³/mol. The van der Waals surface area contributed by atoms with E-state index in [1.807, 2.05) is 20.8 Å². The van der Waals surface area contributed by atoms with Gasteiger partial charge in [0.1, 0.15) is 11.6 Å². The maximum absolute atomic E-state index is 9.77. The van der Waals surface area contributed by atoms with Crippen molar-refractivity contribution in [2.45, 2.75) is 52.2 Å². The van der Waals surface area contributed by atoms with Gasteiger partial charge in [-0.05, 0) is 40.0 Å². The number of nitrogens with one attached hydrogen (secondary N) is 1. The molecule has 2 rings (SSSR count). The summed E-state index contributed by atoms with van der Waals surface area (Å²) in [4.78, 5) is 8.71. The number of aliphatic hydroxyl groups excluding tert-OH is 1. The summed E-state index contributed by atoms with van der Waals surface area (Å²) < 4.78 is 0. The standard InChI is InChI=1S/C12H19N3O/c1-7-8(2)13-9(3)14-12(7)15-10-5-4-6-11(10)16/h10-11,16H,4-6H2,1-3H3,(H,13,14,15). The average Bonchev–Trinajstić information content (AvgIpc) is 2.60. The predicted octanol–water partition coefficient (Wildman–Crippen LogP) is 1.73. The van der Waals surface area contributed by atoms with Crippen molar-refractivity contribution in [3.63, 3.8) is 0 Å². The smallest absolute Gasteiger partial charge is 0.133 e. The molecule has 1 aliphatic carbocycles. The monoisotopic (exact) mass is 221 g/mol. The molecule has 2 unspecified atom stereocenters. The lowest BCUT2D eigenvalue weighted by Crippen LogP contribution is -2.29. The number of hydrogen-bond donors (Lipinski definition) is 2. The molecule has 1 saturated carbocycles. The first-order valence-electron chi connectivity index (χ1n) is 5.84. The number of rotatable bonds is 2. The first-order valence-corrected chi connectivity index (χ1v) is 5.84. The normalized spacial score (nSPS) is 24.8. The van der Waals surface area contributed by atoms with Gasteiger partial charge in [0.15, 0.2) is 0 Å². The van der Waals surface area contributed by atoms with Gasteiger partial charge in [-0.1, -0.05) is 0 Å². The Kier molecular flexibility index (Phi) is 3.10. The molecule has 16 heavy (non-hydrogen) atoms. The third-order valence-electron chi connectivity index (χ3n) is 3.30. The van der Waals surface area contributed by atoms with Crippen LogP contribution < -0.4 is 5.32 Å². The van der Waals surface area contributed by atoms with Gasteiger partial charge in [-0.3, -0.25) is 0 Å². The van der Waals surface area contributed by atoms with Crippen molar-refractivity contribution in [3.05, 3.63) is 17.1 Å². The minimum absolute atomic E-state index is 0.146. The fourth-order valence-electron chi connectivity index (χ4n) is 2.19. The van der Waals surface area contributed by atoms with Gasteiger partial charge >= 0.3 is 0 Å². The number of aliphatic hydroxyl groups is 1. The molecule has 1 heterocycles. The third kappa shape index (κ3) is 2.16. The van der Waals surface area contributed by atoms with Gasteiger partial charge in [-0.2, -0.15) is 0 Å². The number of nitrogens with zero attached hydrogens (tertiary/aromatic N) is 2. The lowest BCUT2D eigenvalue weighted by Gasteiger charge is -2.19. The van der Waals surface area contributed by atoms with Crippen LogP contribution in [0.3, 0.4) is 0 Å². The molecule has 2 N–H and O–H groups in total. The SMILES string of the molecule is Cc1nc(C)c(C)c(NC2CCCC2O)n1. The van der Waals surface area contributed by atoms with Gasteiger partial charge in [-0.25, -0.2) is 9.97 Å². The maximum Gasteiger partial charge on any atom is 0.133 e. The summed E-state index contributed by atoms with van der Waals surface area (Å²) in [5.74, 6) is 1.65. The van der Waals surface area contributed by atoms with Crippen LogP contribution >= 0.6 is 0 Å². The van der Waals surface area contributed by atoms with Gasteiger partial charge in [0.25, 0.3) is 0 Å². The van der Waals surface area contributed by atoms with Crippen molar-refractivity contribution in [3.8, 4) is 0 Å². The van der Waals surface area contributed by atoms with Crippen molar-refractivity contribution in [2.75, 3.05) is 5.32 Å². The maximum atomic E-state index is 9.77. The molecule has 0 spiro atoms. The first-order chi connectivity index (χ1) is 7.58. The zero-order valence-corrected chi connectivity index (χ0v) is 10.1. The molecule has 1 aromatic heterocycles. The summed E-state index contributed by atoms with van der Waals surface area (Å²) in [6.45, 7) is 5.89. The largest absolute Gasteiger partial charge is 0.391 e. The topological polar surface area (TPSA) is 58.0 Å². The zero-order chi connectivity index (χ0) is 11.7. The first kappa shape index (κ1) is 11.3. The highest BCUT2D eigenvalue weighted by Gasteiger charge is 2.25. The van der Waals surface area contributed by atoms with Crippen LogP contribution in [0.15, 0.2) is 0 Å². The summed E-state index contributed by atoms with van der Waals surface area (Å²) >= 11 is 0. The second-order valence-electron chi connectivity index (χ2n) is 4.58. The molecule has 1 aliphatic rings. The van der Waals surface area contributed by atoms with Crippen LogP contribution in [0, 0.1) is 20.8 Å². The molecular formula is C12H19N3O. The zero-order valence-electron chi connectivity index (χ0n) is 10.1. The van der Waals surface area contributed by atoms with Gasteiger partial charge in [0.05, 0.1) is 12.1 Å². The lowest BCUT2D eigenvalue weighted by molar-refractivity contribution is 0.171. The summed E-state index contributed by atoms with van der Waals surface area (Å²) in [6.07, 6.45) is 2.75. The second kappa shape index (κ2) is 4.37. The molecule has 0 amide bonds. The quantitative estimate of drug-likeness (QED) is 0.798. The van der Waals surface area contributed by atoms with E-state index >= 15 is 0 Å². The van der Waals surface area contributed by atoms with Crippen LogP contribution in [-0.4, -0.2) is 27.2 Å². The molecule has 1 fully saturated rings. The Balaban J connectivity index is 2.20. The average molecular weight is 221 g/mol. The number of anilines is 1. The highest BCUT2D eigenvalue weighted by molar-refractivity contribution is 5.46. The molecule has 0 aromatic carbocycles. The molecule has 2 atom stereocenters. The Morgan fingerprint density at radius 2 is 1.94 bits per heavy atom. The molecule has 4 heteroatoms. The van der Waals surface area contributed by atoms with Crippen molar-refractivity contribution in [1.29, 1.82) is 0 Å². The van der Waals surface area contributed by atoms with E-state index in [4.69, 9.17) is 0 Å². The molecule has 88 valence electrons. The van der Waals surface area contributed by atoms with Crippen molar-refractivity contribution in [2.24, 2.45) is 0 Å². The molecule has 4 nitrogen and oxygen atoms in total. The van der Waals surface area contributed by atoms with Crippen LogP contribution in [0.25, 0.3) is 0 Å². The minimum Gasteiger partial charge on any atom is -0.391 e. The van der Waals surface area contributed by atoms with E-state index in [1.54, 1.807) is 0 Å². The Morgan fingerprint density at radius 1 is 1.19 bits per heavy atom. The van der Waals surface area contributed by atoms with Crippen molar-refractivity contribution < 1.29 is 5.11 Å². The van der Waals surface area contributed by atoms with E-state index in [-0.39, 0.29) is 12.1 Å². The Hall–Kier alpha value is -1.16.